The summed E-state index contributed by atoms with van der Waals surface area (Å²) in [5.74, 6) is 1.94. The third-order valence-electron chi connectivity index (χ3n) is 5.18. The van der Waals surface area contributed by atoms with Gasteiger partial charge in [-0.3, -0.25) is 4.90 Å². The van der Waals surface area contributed by atoms with E-state index in [4.69, 9.17) is 10.2 Å². The van der Waals surface area contributed by atoms with Crippen LogP contribution in [0, 0.1) is 12.8 Å². The quantitative estimate of drug-likeness (QED) is 0.887. The first kappa shape index (κ1) is 14.6. The molecule has 0 unspecified atom stereocenters. The normalized spacial score (nSPS) is 27.9. The molecule has 1 aliphatic carbocycles. The van der Waals surface area contributed by atoms with E-state index in [2.05, 4.69) is 24.9 Å². The number of hydrogen-bond acceptors (Lipinski definition) is 3. The molecular weight excluding hydrogens is 236 g/mol. The molecular formula is C16H28N2O. The Morgan fingerprint density at radius 2 is 2.11 bits per heavy atom. The van der Waals surface area contributed by atoms with Crippen LogP contribution in [0.25, 0.3) is 0 Å². The lowest BCUT2D eigenvalue weighted by atomic mass is 9.74. The van der Waals surface area contributed by atoms with Crippen molar-refractivity contribution in [2.75, 3.05) is 13.6 Å². The molecule has 1 fully saturated rings. The zero-order valence-corrected chi connectivity index (χ0v) is 12.6. The van der Waals surface area contributed by atoms with Crippen LogP contribution in [0.4, 0.5) is 0 Å². The molecule has 0 aromatic carbocycles. The van der Waals surface area contributed by atoms with E-state index in [9.17, 15) is 0 Å². The zero-order chi connectivity index (χ0) is 13.9. The summed E-state index contributed by atoms with van der Waals surface area (Å²) in [5, 5.41) is 0. The standard InChI is InChI=1S/C16H28N2O/c1-4-14-5-8-16(12-17,9-6-14)18(3)11-15-7-10-19-13(15)2/h7,10,14H,4-6,8-9,11-12,17H2,1-3H3. The van der Waals surface area contributed by atoms with Gasteiger partial charge in [-0.2, -0.15) is 0 Å². The van der Waals surface area contributed by atoms with Crippen LogP contribution in [0.15, 0.2) is 16.7 Å². The Bertz CT molecular complexity index is 391. The first-order chi connectivity index (χ1) is 9.11. The Hall–Kier alpha value is -0.800. The minimum absolute atomic E-state index is 0.190. The fourth-order valence-electron chi connectivity index (χ4n) is 3.36. The minimum atomic E-state index is 0.190. The van der Waals surface area contributed by atoms with Gasteiger partial charge in [0.1, 0.15) is 5.76 Å². The molecule has 0 amide bonds. The maximum absolute atomic E-state index is 6.13. The van der Waals surface area contributed by atoms with Gasteiger partial charge in [-0.15, -0.1) is 0 Å². The molecule has 0 aliphatic heterocycles. The van der Waals surface area contributed by atoms with Crippen molar-refractivity contribution in [1.82, 2.24) is 4.90 Å². The van der Waals surface area contributed by atoms with E-state index in [1.165, 1.54) is 37.7 Å². The average Bonchev–Trinajstić information content (AvgIpc) is 2.84. The molecule has 0 radical (unpaired) electrons. The van der Waals surface area contributed by atoms with E-state index < -0.39 is 0 Å². The Labute approximate surface area is 117 Å². The molecule has 0 atom stereocenters. The van der Waals surface area contributed by atoms with Crippen LogP contribution in [0.3, 0.4) is 0 Å². The molecule has 108 valence electrons. The van der Waals surface area contributed by atoms with E-state index in [0.717, 1.165) is 24.8 Å². The molecule has 1 saturated carbocycles. The number of nitrogens with zero attached hydrogens (tertiary/aromatic N) is 1. The second kappa shape index (κ2) is 6.10. The van der Waals surface area contributed by atoms with Gasteiger partial charge in [-0.05, 0) is 51.6 Å². The highest BCUT2D eigenvalue weighted by atomic mass is 16.3. The third-order valence-corrected chi connectivity index (χ3v) is 5.18. The highest BCUT2D eigenvalue weighted by Crippen LogP contribution is 2.37. The van der Waals surface area contributed by atoms with Crippen molar-refractivity contribution in [2.45, 2.75) is 58.0 Å². The fraction of sp³-hybridized carbons (Fsp3) is 0.750. The van der Waals surface area contributed by atoms with E-state index in [-0.39, 0.29) is 5.54 Å². The van der Waals surface area contributed by atoms with E-state index in [0.29, 0.717) is 0 Å². The molecule has 0 spiro atoms. The lowest BCUT2D eigenvalue weighted by molar-refractivity contribution is 0.0576. The number of likely N-dealkylation sites (N-methyl/N-ethyl adjacent to an activating group) is 1. The first-order valence-electron chi connectivity index (χ1n) is 7.55. The molecule has 0 saturated heterocycles. The number of aryl methyl sites for hydroxylation is 1. The number of hydrogen-bond donors (Lipinski definition) is 1. The van der Waals surface area contributed by atoms with E-state index >= 15 is 0 Å². The lowest BCUT2D eigenvalue weighted by Crippen LogP contribution is -2.53. The second-order valence-corrected chi connectivity index (χ2v) is 6.14. The molecule has 1 aromatic rings. The molecule has 2 rings (SSSR count). The molecule has 2 N–H and O–H groups in total. The summed E-state index contributed by atoms with van der Waals surface area (Å²) in [7, 11) is 2.21. The smallest absolute Gasteiger partial charge is 0.105 e. The average molecular weight is 264 g/mol. The monoisotopic (exact) mass is 264 g/mol. The Balaban J connectivity index is 2.03. The van der Waals surface area contributed by atoms with Gasteiger partial charge in [-0.25, -0.2) is 0 Å². The van der Waals surface area contributed by atoms with Crippen molar-refractivity contribution >= 4 is 0 Å². The van der Waals surface area contributed by atoms with Crippen molar-refractivity contribution in [3.8, 4) is 0 Å². The van der Waals surface area contributed by atoms with Gasteiger partial charge in [0.15, 0.2) is 0 Å². The van der Waals surface area contributed by atoms with Crippen LogP contribution in [0.2, 0.25) is 0 Å². The minimum Gasteiger partial charge on any atom is -0.469 e. The lowest BCUT2D eigenvalue weighted by Gasteiger charge is -2.46. The molecule has 0 bridgehead atoms. The van der Waals surface area contributed by atoms with Crippen LogP contribution in [0.1, 0.15) is 50.4 Å². The van der Waals surface area contributed by atoms with Gasteiger partial charge in [0.2, 0.25) is 0 Å². The van der Waals surface area contributed by atoms with Crippen LogP contribution in [0.5, 0.6) is 0 Å². The summed E-state index contributed by atoms with van der Waals surface area (Å²) in [6, 6.07) is 2.08. The number of furan rings is 1. The van der Waals surface area contributed by atoms with Gasteiger partial charge in [0.05, 0.1) is 6.26 Å². The van der Waals surface area contributed by atoms with Gasteiger partial charge >= 0.3 is 0 Å². The molecule has 3 heteroatoms. The van der Waals surface area contributed by atoms with Gasteiger partial charge in [-0.1, -0.05) is 13.3 Å². The predicted molar refractivity (Wildman–Crippen MR) is 78.9 cm³/mol. The number of rotatable bonds is 5. The Morgan fingerprint density at radius 3 is 2.58 bits per heavy atom. The van der Waals surface area contributed by atoms with Crippen molar-refractivity contribution in [1.29, 1.82) is 0 Å². The van der Waals surface area contributed by atoms with Gasteiger partial charge < -0.3 is 10.2 Å². The van der Waals surface area contributed by atoms with Crippen molar-refractivity contribution < 1.29 is 4.42 Å². The van der Waals surface area contributed by atoms with E-state index in [1.807, 2.05) is 6.92 Å². The van der Waals surface area contributed by atoms with Crippen molar-refractivity contribution in [3.63, 3.8) is 0 Å². The highest BCUT2D eigenvalue weighted by molar-refractivity contribution is 5.16. The summed E-state index contributed by atoms with van der Waals surface area (Å²) < 4.78 is 5.40. The Kier molecular flexibility index (Phi) is 4.69. The summed E-state index contributed by atoms with van der Waals surface area (Å²) in [5.41, 5.74) is 7.60. The maximum Gasteiger partial charge on any atom is 0.105 e. The Morgan fingerprint density at radius 1 is 1.42 bits per heavy atom. The first-order valence-corrected chi connectivity index (χ1v) is 7.55. The molecule has 1 aliphatic rings. The predicted octanol–water partition coefficient (Wildman–Crippen LogP) is 3.32. The summed E-state index contributed by atoms with van der Waals surface area (Å²) >= 11 is 0. The SMILES string of the molecule is CCC1CCC(CN)(N(C)Cc2ccoc2C)CC1. The molecule has 3 nitrogen and oxygen atoms in total. The number of nitrogens with two attached hydrogens (primary N) is 1. The molecule has 1 aromatic heterocycles. The topological polar surface area (TPSA) is 42.4 Å². The fourth-order valence-corrected chi connectivity index (χ4v) is 3.36. The molecule has 1 heterocycles. The van der Waals surface area contributed by atoms with Gasteiger partial charge in [0, 0.05) is 24.2 Å². The van der Waals surface area contributed by atoms with Crippen LogP contribution >= 0.6 is 0 Å². The van der Waals surface area contributed by atoms with Crippen LogP contribution < -0.4 is 5.73 Å². The zero-order valence-electron chi connectivity index (χ0n) is 12.6. The summed E-state index contributed by atoms with van der Waals surface area (Å²) in [4.78, 5) is 2.46. The van der Waals surface area contributed by atoms with Crippen LogP contribution in [-0.4, -0.2) is 24.0 Å². The second-order valence-electron chi connectivity index (χ2n) is 6.14. The van der Waals surface area contributed by atoms with Crippen LogP contribution in [-0.2, 0) is 6.54 Å². The highest BCUT2D eigenvalue weighted by Gasteiger charge is 2.37. The third kappa shape index (κ3) is 3.03. The summed E-state index contributed by atoms with van der Waals surface area (Å²) in [6.07, 6.45) is 8.20. The van der Waals surface area contributed by atoms with Crippen molar-refractivity contribution in [2.24, 2.45) is 11.7 Å². The van der Waals surface area contributed by atoms with E-state index in [1.54, 1.807) is 6.26 Å². The largest absolute Gasteiger partial charge is 0.469 e. The maximum atomic E-state index is 6.13. The van der Waals surface area contributed by atoms with Crippen molar-refractivity contribution in [3.05, 3.63) is 23.7 Å². The molecule has 19 heavy (non-hydrogen) atoms. The summed E-state index contributed by atoms with van der Waals surface area (Å²) in [6.45, 7) is 6.04. The van der Waals surface area contributed by atoms with Gasteiger partial charge in [0.25, 0.3) is 0 Å².